The second kappa shape index (κ2) is 9.67. The molecule has 8 nitrogen and oxygen atoms in total. The minimum absolute atomic E-state index is 0.0722. The molecule has 1 aromatic carbocycles. The van der Waals surface area contributed by atoms with E-state index in [1.54, 1.807) is 18.2 Å². The van der Waals surface area contributed by atoms with Crippen LogP contribution < -0.4 is 15.5 Å². The van der Waals surface area contributed by atoms with Crippen molar-refractivity contribution in [3.8, 4) is 0 Å². The molecular formula is C21H20ClFN6O2. The van der Waals surface area contributed by atoms with Crippen LogP contribution in [0.25, 0.3) is 0 Å². The number of nitrogens with one attached hydrogen (secondary N) is 2. The Morgan fingerprint density at radius 2 is 1.94 bits per heavy atom. The molecule has 31 heavy (non-hydrogen) atoms. The monoisotopic (exact) mass is 442 g/mol. The number of aromatic nitrogens is 3. The predicted molar refractivity (Wildman–Crippen MR) is 115 cm³/mol. The van der Waals surface area contributed by atoms with Gasteiger partial charge in [-0.2, -0.15) is 4.98 Å². The number of ether oxygens (including phenoxy) is 1. The summed E-state index contributed by atoms with van der Waals surface area (Å²) in [5.41, 5.74) is 1.32. The summed E-state index contributed by atoms with van der Waals surface area (Å²) in [6.45, 7) is 2.61. The molecule has 0 bridgehead atoms. The quantitative estimate of drug-likeness (QED) is 0.605. The Bertz CT molecular complexity index is 1060. The summed E-state index contributed by atoms with van der Waals surface area (Å²) in [4.78, 5) is 27.2. The van der Waals surface area contributed by atoms with Gasteiger partial charge in [0.1, 0.15) is 5.82 Å². The van der Waals surface area contributed by atoms with Crippen molar-refractivity contribution in [2.75, 3.05) is 36.5 Å². The predicted octanol–water partition coefficient (Wildman–Crippen LogP) is 3.17. The van der Waals surface area contributed by atoms with Crippen molar-refractivity contribution in [2.24, 2.45) is 0 Å². The number of hydrogen-bond acceptors (Lipinski definition) is 7. The molecular weight excluding hydrogens is 423 g/mol. The van der Waals surface area contributed by atoms with Crippen LogP contribution in [0.15, 0.2) is 48.8 Å². The molecule has 10 heteroatoms. The highest BCUT2D eigenvalue weighted by Gasteiger charge is 2.17. The summed E-state index contributed by atoms with van der Waals surface area (Å²) < 4.78 is 19.2. The van der Waals surface area contributed by atoms with E-state index in [4.69, 9.17) is 16.3 Å². The zero-order valence-electron chi connectivity index (χ0n) is 16.5. The van der Waals surface area contributed by atoms with E-state index in [9.17, 15) is 9.18 Å². The number of halogens is 2. The van der Waals surface area contributed by atoms with Crippen molar-refractivity contribution in [3.05, 3.63) is 70.9 Å². The van der Waals surface area contributed by atoms with Crippen LogP contribution in [0, 0.1) is 5.82 Å². The largest absolute Gasteiger partial charge is 0.378 e. The summed E-state index contributed by atoms with van der Waals surface area (Å²) in [5, 5.41) is 6.56. The molecule has 0 unspecified atom stereocenters. The highest BCUT2D eigenvalue weighted by atomic mass is 35.5. The van der Waals surface area contributed by atoms with Crippen LogP contribution >= 0.6 is 11.6 Å². The third-order valence-corrected chi connectivity index (χ3v) is 4.88. The Labute approximate surface area is 183 Å². The molecule has 0 aliphatic carbocycles. The Kier molecular flexibility index (Phi) is 6.54. The number of carbonyl (C=O) groups excluding carboxylic acids is 1. The summed E-state index contributed by atoms with van der Waals surface area (Å²) in [5.74, 6) is -0.125. The second-order valence-electron chi connectivity index (χ2n) is 6.81. The smallest absolute Gasteiger partial charge is 0.254 e. The Balaban J connectivity index is 1.55. The van der Waals surface area contributed by atoms with Gasteiger partial charge in [-0.1, -0.05) is 11.6 Å². The standard InChI is InChI=1S/C21H20ClFN6O2/c22-14-1-3-15(4-2-14)26-19-11-16(27-21(28-19)29-7-9-31-10-8-29)12-25-20(30)17-5-6-24-13-18(17)23/h1-6,11,13H,7-10,12H2,(H,25,30)(H,26,27,28). The number of nitrogens with zero attached hydrogens (tertiary/aromatic N) is 4. The van der Waals surface area contributed by atoms with Gasteiger partial charge in [0.05, 0.1) is 37.2 Å². The number of carbonyl (C=O) groups is 1. The van der Waals surface area contributed by atoms with Crippen molar-refractivity contribution in [2.45, 2.75) is 6.54 Å². The van der Waals surface area contributed by atoms with Gasteiger partial charge in [0, 0.05) is 36.1 Å². The maximum Gasteiger partial charge on any atom is 0.254 e. The van der Waals surface area contributed by atoms with Crippen LogP contribution in [0.4, 0.5) is 21.8 Å². The van der Waals surface area contributed by atoms with Gasteiger partial charge in [-0.05, 0) is 30.3 Å². The minimum atomic E-state index is -0.679. The SMILES string of the molecule is O=C(NCc1cc(Nc2ccc(Cl)cc2)nc(N2CCOCC2)n1)c1ccncc1F. The second-order valence-corrected chi connectivity index (χ2v) is 7.25. The van der Waals surface area contributed by atoms with E-state index in [1.807, 2.05) is 17.0 Å². The van der Waals surface area contributed by atoms with Crippen molar-refractivity contribution in [1.82, 2.24) is 20.3 Å². The highest BCUT2D eigenvalue weighted by molar-refractivity contribution is 6.30. The summed E-state index contributed by atoms with van der Waals surface area (Å²) in [6, 6.07) is 10.3. The molecule has 0 spiro atoms. The summed E-state index contributed by atoms with van der Waals surface area (Å²) in [7, 11) is 0. The van der Waals surface area contributed by atoms with E-state index in [-0.39, 0.29) is 12.1 Å². The van der Waals surface area contributed by atoms with Crippen molar-refractivity contribution in [3.63, 3.8) is 0 Å². The van der Waals surface area contributed by atoms with E-state index in [2.05, 4.69) is 25.6 Å². The zero-order valence-corrected chi connectivity index (χ0v) is 17.3. The van der Waals surface area contributed by atoms with Gasteiger partial charge in [0.2, 0.25) is 5.95 Å². The normalized spacial score (nSPS) is 13.7. The fourth-order valence-electron chi connectivity index (χ4n) is 3.05. The average molecular weight is 443 g/mol. The molecule has 0 radical (unpaired) electrons. The van der Waals surface area contributed by atoms with E-state index in [1.165, 1.54) is 12.3 Å². The first-order valence-corrected chi connectivity index (χ1v) is 10.1. The molecule has 3 heterocycles. The van der Waals surface area contributed by atoms with Crippen LogP contribution in [-0.2, 0) is 11.3 Å². The number of anilines is 3. The highest BCUT2D eigenvalue weighted by Crippen LogP contribution is 2.21. The first-order chi connectivity index (χ1) is 15.1. The van der Waals surface area contributed by atoms with Gasteiger partial charge >= 0.3 is 0 Å². The van der Waals surface area contributed by atoms with Gasteiger partial charge < -0.3 is 20.3 Å². The molecule has 1 aliphatic rings. The number of pyridine rings is 1. The molecule has 1 amide bonds. The molecule has 2 aromatic heterocycles. The van der Waals surface area contributed by atoms with Crippen LogP contribution in [0.5, 0.6) is 0 Å². The lowest BCUT2D eigenvalue weighted by Crippen LogP contribution is -2.37. The maximum absolute atomic E-state index is 13.8. The van der Waals surface area contributed by atoms with Gasteiger partial charge in [-0.25, -0.2) is 9.37 Å². The van der Waals surface area contributed by atoms with Crippen LogP contribution in [0.2, 0.25) is 5.02 Å². The number of benzene rings is 1. The lowest BCUT2D eigenvalue weighted by Gasteiger charge is -2.27. The molecule has 0 atom stereocenters. The van der Waals surface area contributed by atoms with Crippen molar-refractivity contribution >= 4 is 35.0 Å². The number of morpholine rings is 1. The number of hydrogen-bond donors (Lipinski definition) is 2. The summed E-state index contributed by atoms with van der Waals surface area (Å²) in [6.07, 6.45) is 2.37. The van der Waals surface area contributed by atoms with E-state index in [0.29, 0.717) is 48.8 Å². The molecule has 2 N–H and O–H groups in total. The van der Waals surface area contributed by atoms with E-state index < -0.39 is 11.7 Å². The maximum atomic E-state index is 13.8. The van der Waals surface area contributed by atoms with Crippen LogP contribution in [0.1, 0.15) is 16.1 Å². The van der Waals surface area contributed by atoms with Gasteiger partial charge in [-0.3, -0.25) is 9.78 Å². The summed E-state index contributed by atoms with van der Waals surface area (Å²) >= 11 is 5.96. The Morgan fingerprint density at radius 3 is 2.68 bits per heavy atom. The van der Waals surface area contributed by atoms with Crippen molar-refractivity contribution < 1.29 is 13.9 Å². The molecule has 1 aliphatic heterocycles. The van der Waals surface area contributed by atoms with Gasteiger partial charge in [0.15, 0.2) is 5.82 Å². The van der Waals surface area contributed by atoms with Crippen LogP contribution in [-0.4, -0.2) is 47.2 Å². The minimum Gasteiger partial charge on any atom is -0.378 e. The fraction of sp³-hybridized carbons (Fsp3) is 0.238. The topological polar surface area (TPSA) is 92.3 Å². The Morgan fingerprint density at radius 1 is 1.16 bits per heavy atom. The lowest BCUT2D eigenvalue weighted by atomic mass is 10.2. The number of amides is 1. The third-order valence-electron chi connectivity index (χ3n) is 4.63. The van der Waals surface area contributed by atoms with Gasteiger partial charge in [0.25, 0.3) is 5.91 Å². The first kappa shape index (κ1) is 21.0. The number of rotatable bonds is 6. The average Bonchev–Trinajstić information content (AvgIpc) is 2.80. The fourth-order valence-corrected chi connectivity index (χ4v) is 3.18. The molecule has 1 fully saturated rings. The van der Waals surface area contributed by atoms with E-state index in [0.717, 1.165) is 11.9 Å². The molecule has 1 saturated heterocycles. The lowest BCUT2D eigenvalue weighted by molar-refractivity contribution is 0.0946. The van der Waals surface area contributed by atoms with Crippen LogP contribution in [0.3, 0.4) is 0 Å². The molecule has 0 saturated carbocycles. The van der Waals surface area contributed by atoms with E-state index >= 15 is 0 Å². The molecule has 3 aromatic rings. The molecule has 4 rings (SSSR count). The van der Waals surface area contributed by atoms with Gasteiger partial charge in [-0.15, -0.1) is 0 Å². The Hall–Kier alpha value is -3.30. The molecule has 160 valence electrons. The zero-order chi connectivity index (χ0) is 21.6. The first-order valence-electron chi connectivity index (χ1n) is 9.69. The third kappa shape index (κ3) is 5.44. The van der Waals surface area contributed by atoms with Crippen molar-refractivity contribution in [1.29, 1.82) is 0 Å².